The van der Waals surface area contributed by atoms with Gasteiger partial charge in [-0.15, -0.1) is 0 Å². The summed E-state index contributed by atoms with van der Waals surface area (Å²) in [5.41, 5.74) is -0.653. The smallest absolute Gasteiger partial charge is 0.338 e. The standard InChI is InChI=1S/C12H13ClFN3O3/c13-9-7(12(18)19)5-16-11(8(9)10(14)15)17-6-1-3-20-4-2-6/h5-6,15H,1-4H2,(H,16,17)(H,18,19). The molecule has 0 saturated carbocycles. The van der Waals surface area contributed by atoms with Gasteiger partial charge in [-0.2, -0.15) is 4.39 Å². The highest BCUT2D eigenvalue weighted by Gasteiger charge is 2.23. The minimum Gasteiger partial charge on any atom is -0.478 e. The summed E-state index contributed by atoms with van der Waals surface area (Å²) in [5.74, 6) is -2.55. The Morgan fingerprint density at radius 2 is 2.20 bits per heavy atom. The topological polar surface area (TPSA) is 95.3 Å². The maximum atomic E-state index is 13.4. The van der Waals surface area contributed by atoms with Gasteiger partial charge in [-0.3, -0.25) is 5.41 Å². The van der Waals surface area contributed by atoms with E-state index < -0.39 is 11.9 Å². The first-order valence-corrected chi connectivity index (χ1v) is 6.39. The number of hydrogen-bond acceptors (Lipinski definition) is 5. The molecule has 0 aliphatic carbocycles. The summed E-state index contributed by atoms with van der Waals surface area (Å²) < 4.78 is 18.6. The van der Waals surface area contributed by atoms with E-state index in [1.165, 1.54) is 0 Å². The fourth-order valence-corrected chi connectivity index (χ4v) is 2.29. The number of pyridine rings is 1. The molecule has 1 aromatic rings. The summed E-state index contributed by atoms with van der Waals surface area (Å²) in [6.07, 6.45) is 2.50. The molecule has 6 nitrogen and oxygen atoms in total. The van der Waals surface area contributed by atoms with Crippen LogP contribution >= 0.6 is 11.6 Å². The monoisotopic (exact) mass is 301 g/mol. The van der Waals surface area contributed by atoms with Gasteiger partial charge in [-0.25, -0.2) is 9.78 Å². The van der Waals surface area contributed by atoms with E-state index in [1.54, 1.807) is 0 Å². The predicted octanol–water partition coefficient (Wildman–Crippen LogP) is 2.32. The molecule has 0 spiro atoms. The van der Waals surface area contributed by atoms with Crippen molar-refractivity contribution in [2.24, 2.45) is 0 Å². The van der Waals surface area contributed by atoms with Crippen LogP contribution in [0.25, 0.3) is 0 Å². The van der Waals surface area contributed by atoms with E-state index in [0.717, 1.165) is 19.0 Å². The van der Waals surface area contributed by atoms with Crippen molar-refractivity contribution in [2.45, 2.75) is 18.9 Å². The van der Waals surface area contributed by atoms with Crippen molar-refractivity contribution >= 4 is 29.4 Å². The van der Waals surface area contributed by atoms with Crippen LogP contribution in [-0.2, 0) is 4.74 Å². The molecule has 0 radical (unpaired) electrons. The van der Waals surface area contributed by atoms with Crippen molar-refractivity contribution in [1.29, 1.82) is 5.41 Å². The van der Waals surface area contributed by atoms with Crippen LogP contribution in [0.4, 0.5) is 10.2 Å². The predicted molar refractivity (Wildman–Crippen MR) is 71.6 cm³/mol. The van der Waals surface area contributed by atoms with Crippen molar-refractivity contribution in [3.05, 3.63) is 22.3 Å². The molecule has 1 fully saturated rings. The largest absolute Gasteiger partial charge is 0.478 e. The Morgan fingerprint density at radius 3 is 2.75 bits per heavy atom. The molecule has 1 aliphatic rings. The highest BCUT2D eigenvalue weighted by molar-refractivity contribution is 6.37. The summed E-state index contributed by atoms with van der Waals surface area (Å²) in [6.45, 7) is 1.17. The zero-order chi connectivity index (χ0) is 14.7. The molecule has 0 unspecified atom stereocenters. The molecule has 0 bridgehead atoms. The van der Waals surface area contributed by atoms with Crippen molar-refractivity contribution < 1.29 is 19.0 Å². The number of hydrogen-bond donors (Lipinski definition) is 3. The van der Waals surface area contributed by atoms with Crippen molar-refractivity contribution in [1.82, 2.24) is 4.98 Å². The second-order valence-electron chi connectivity index (χ2n) is 4.36. The molecule has 3 N–H and O–H groups in total. The number of rotatable bonds is 4. The molecule has 8 heteroatoms. The molecular formula is C12H13ClFN3O3. The normalized spacial score (nSPS) is 15.9. The van der Waals surface area contributed by atoms with Gasteiger partial charge in [0.25, 0.3) is 0 Å². The number of nitrogens with one attached hydrogen (secondary N) is 2. The Balaban J connectivity index is 2.34. The van der Waals surface area contributed by atoms with Crippen LogP contribution in [0.15, 0.2) is 6.20 Å². The second-order valence-corrected chi connectivity index (χ2v) is 4.74. The molecule has 20 heavy (non-hydrogen) atoms. The minimum absolute atomic E-state index is 0.0288. The molecule has 1 saturated heterocycles. The molecular weight excluding hydrogens is 289 g/mol. The fourth-order valence-electron chi connectivity index (χ4n) is 1.98. The maximum Gasteiger partial charge on any atom is 0.338 e. The third-order valence-electron chi connectivity index (χ3n) is 3.03. The summed E-state index contributed by atoms with van der Waals surface area (Å²) >= 11 is 5.86. The van der Waals surface area contributed by atoms with Gasteiger partial charge in [0, 0.05) is 25.5 Å². The first-order chi connectivity index (χ1) is 9.50. The Bertz CT molecular complexity index is 547. The first kappa shape index (κ1) is 14.7. The number of halogens is 2. The lowest BCUT2D eigenvalue weighted by atomic mass is 10.1. The van der Waals surface area contributed by atoms with Gasteiger partial charge in [0.2, 0.25) is 5.97 Å². The number of carbonyl (C=O) groups is 1. The summed E-state index contributed by atoms with van der Waals surface area (Å²) in [7, 11) is 0. The van der Waals surface area contributed by atoms with Crippen molar-refractivity contribution in [3.8, 4) is 0 Å². The van der Waals surface area contributed by atoms with Crippen LogP contribution in [0, 0.1) is 5.41 Å². The summed E-state index contributed by atoms with van der Waals surface area (Å²) in [4.78, 5) is 14.8. The Kier molecular flexibility index (Phi) is 4.51. The molecule has 1 aliphatic heterocycles. The highest BCUT2D eigenvalue weighted by atomic mass is 35.5. The van der Waals surface area contributed by atoms with E-state index in [1.807, 2.05) is 0 Å². The SMILES string of the molecule is N=C(F)c1c(NC2CCOCC2)ncc(C(=O)O)c1Cl. The van der Waals surface area contributed by atoms with E-state index in [0.29, 0.717) is 13.2 Å². The van der Waals surface area contributed by atoms with Crippen LogP contribution in [0.2, 0.25) is 5.02 Å². The van der Waals surface area contributed by atoms with Crippen LogP contribution in [0.3, 0.4) is 0 Å². The van der Waals surface area contributed by atoms with Crippen LogP contribution in [0.1, 0.15) is 28.8 Å². The number of carboxylic acid groups (broad SMARTS) is 1. The fraction of sp³-hybridized carbons (Fsp3) is 0.417. The molecule has 108 valence electrons. The zero-order valence-corrected chi connectivity index (χ0v) is 11.2. The third kappa shape index (κ3) is 3.05. The van der Waals surface area contributed by atoms with Crippen molar-refractivity contribution in [2.75, 3.05) is 18.5 Å². The van der Waals surface area contributed by atoms with E-state index in [9.17, 15) is 9.18 Å². The second kappa shape index (κ2) is 6.15. The number of aromatic carboxylic acids is 1. The highest BCUT2D eigenvalue weighted by Crippen LogP contribution is 2.28. The lowest BCUT2D eigenvalue weighted by Crippen LogP contribution is -2.29. The van der Waals surface area contributed by atoms with Gasteiger partial charge in [0.15, 0.2) is 0 Å². The van der Waals surface area contributed by atoms with Crippen LogP contribution < -0.4 is 5.32 Å². The third-order valence-corrected chi connectivity index (χ3v) is 3.42. The Morgan fingerprint density at radius 1 is 1.55 bits per heavy atom. The average Bonchev–Trinajstić information content (AvgIpc) is 2.39. The van der Waals surface area contributed by atoms with E-state index in [4.69, 9.17) is 26.9 Å². The molecule has 2 heterocycles. The average molecular weight is 302 g/mol. The Labute approximate surface area is 119 Å². The number of aromatic nitrogens is 1. The first-order valence-electron chi connectivity index (χ1n) is 6.01. The number of carboxylic acids is 1. The quantitative estimate of drug-likeness (QED) is 0.742. The molecule has 0 atom stereocenters. The lowest BCUT2D eigenvalue weighted by Gasteiger charge is -2.24. The van der Waals surface area contributed by atoms with E-state index >= 15 is 0 Å². The van der Waals surface area contributed by atoms with Gasteiger partial charge >= 0.3 is 5.97 Å². The van der Waals surface area contributed by atoms with Crippen LogP contribution in [-0.4, -0.2) is 41.3 Å². The molecule has 0 aromatic carbocycles. The lowest BCUT2D eigenvalue weighted by molar-refractivity contribution is 0.0696. The summed E-state index contributed by atoms with van der Waals surface area (Å²) in [5, 5.41) is 18.7. The number of nitrogens with zero attached hydrogens (tertiary/aromatic N) is 1. The Hall–Kier alpha value is -1.73. The van der Waals surface area contributed by atoms with Gasteiger partial charge in [0.05, 0.1) is 16.1 Å². The van der Waals surface area contributed by atoms with Gasteiger partial charge in [0.1, 0.15) is 5.82 Å². The minimum atomic E-state index is -1.32. The number of ether oxygens (including phenoxy) is 1. The summed E-state index contributed by atoms with van der Waals surface area (Å²) in [6, 6.07) is 0.0288. The molecule has 2 rings (SSSR count). The van der Waals surface area contributed by atoms with E-state index in [2.05, 4.69) is 10.3 Å². The van der Waals surface area contributed by atoms with Gasteiger partial charge < -0.3 is 15.2 Å². The number of anilines is 1. The van der Waals surface area contributed by atoms with Crippen LogP contribution in [0.5, 0.6) is 0 Å². The molecule has 0 amide bonds. The van der Waals surface area contributed by atoms with Gasteiger partial charge in [-0.05, 0) is 12.8 Å². The zero-order valence-electron chi connectivity index (χ0n) is 10.4. The van der Waals surface area contributed by atoms with E-state index in [-0.39, 0.29) is 28.0 Å². The van der Waals surface area contributed by atoms with Gasteiger partial charge in [-0.1, -0.05) is 11.6 Å². The maximum absolute atomic E-state index is 13.4. The van der Waals surface area contributed by atoms with Crippen molar-refractivity contribution in [3.63, 3.8) is 0 Å². The molecule has 1 aromatic heterocycles.